The van der Waals surface area contributed by atoms with E-state index >= 15 is 0 Å². The molecule has 20 heavy (non-hydrogen) atoms. The molecule has 0 unspecified atom stereocenters. The minimum atomic E-state index is -0.148. The largest absolute Gasteiger partial charge is 0.352 e. The number of fused-ring (bicyclic) bond motifs is 1. The van der Waals surface area contributed by atoms with Crippen LogP contribution in [0.4, 0.5) is 0 Å². The molecule has 0 saturated carbocycles. The Morgan fingerprint density at radius 3 is 2.85 bits per heavy atom. The number of benzene rings is 1. The second-order valence-corrected chi connectivity index (χ2v) is 6.61. The third-order valence-corrected chi connectivity index (χ3v) is 4.36. The van der Waals surface area contributed by atoms with Gasteiger partial charge in [-0.2, -0.15) is 0 Å². The van der Waals surface area contributed by atoms with Gasteiger partial charge in [-0.1, -0.05) is 17.7 Å². The van der Waals surface area contributed by atoms with Gasteiger partial charge in [0.25, 0.3) is 0 Å². The summed E-state index contributed by atoms with van der Waals surface area (Å²) in [7, 11) is 0. The van der Waals surface area contributed by atoms with E-state index in [-0.39, 0.29) is 29.7 Å². The van der Waals surface area contributed by atoms with Crippen LogP contribution in [0, 0.1) is 6.92 Å². The normalized spacial score (nSPS) is 16.9. The Morgan fingerprint density at radius 2 is 2.15 bits per heavy atom. The average Bonchev–Trinajstić information content (AvgIpc) is 2.78. The number of rotatable bonds is 4. The van der Waals surface area contributed by atoms with E-state index in [0.717, 1.165) is 6.42 Å². The Kier molecular flexibility index (Phi) is 4.70. The van der Waals surface area contributed by atoms with Crippen molar-refractivity contribution in [3.63, 3.8) is 0 Å². The highest BCUT2D eigenvalue weighted by molar-refractivity contribution is 8.01. The molecule has 4 nitrogen and oxygen atoms in total. The number of nitrogens with one attached hydrogen (secondary N) is 2. The van der Waals surface area contributed by atoms with Crippen LogP contribution in [0.3, 0.4) is 0 Å². The van der Waals surface area contributed by atoms with Crippen molar-refractivity contribution in [1.29, 1.82) is 0 Å². The molecule has 2 N–H and O–H groups in total. The molecule has 0 radical (unpaired) electrons. The van der Waals surface area contributed by atoms with Gasteiger partial charge in [-0.05, 0) is 38.8 Å². The first kappa shape index (κ1) is 14.9. The maximum atomic E-state index is 12.1. The van der Waals surface area contributed by atoms with Crippen molar-refractivity contribution in [3.8, 4) is 0 Å². The third kappa shape index (κ3) is 3.76. The molecule has 108 valence electrons. The zero-order valence-corrected chi connectivity index (χ0v) is 12.8. The fraction of sp³-hybridized carbons (Fsp3) is 0.467. The molecule has 2 amide bonds. The van der Waals surface area contributed by atoms with Gasteiger partial charge in [-0.15, -0.1) is 11.8 Å². The topological polar surface area (TPSA) is 58.2 Å². The van der Waals surface area contributed by atoms with Gasteiger partial charge in [0.2, 0.25) is 11.8 Å². The molecule has 5 heteroatoms. The third-order valence-electron chi connectivity index (χ3n) is 3.06. The van der Waals surface area contributed by atoms with Crippen LogP contribution in [-0.4, -0.2) is 29.7 Å². The average molecular weight is 292 g/mol. The highest BCUT2D eigenvalue weighted by Crippen LogP contribution is 2.37. The first-order chi connectivity index (χ1) is 9.45. The van der Waals surface area contributed by atoms with Crippen LogP contribution >= 0.6 is 11.8 Å². The molecule has 1 aliphatic rings. The fourth-order valence-corrected chi connectivity index (χ4v) is 3.45. The van der Waals surface area contributed by atoms with Crippen LogP contribution in [0.25, 0.3) is 0 Å². The van der Waals surface area contributed by atoms with Gasteiger partial charge >= 0.3 is 0 Å². The summed E-state index contributed by atoms with van der Waals surface area (Å²) in [5, 5.41) is 5.33. The number of hydrogen-bond donors (Lipinski definition) is 2. The van der Waals surface area contributed by atoms with Gasteiger partial charge in [0.05, 0.1) is 11.8 Å². The Morgan fingerprint density at radius 1 is 1.40 bits per heavy atom. The zero-order chi connectivity index (χ0) is 14.7. The monoisotopic (exact) mass is 292 g/mol. The predicted octanol–water partition coefficient (Wildman–Crippen LogP) is 1.65. The summed E-state index contributed by atoms with van der Waals surface area (Å²) in [6.07, 6.45) is 0.734. The van der Waals surface area contributed by atoms with Crippen LogP contribution in [0.15, 0.2) is 23.1 Å². The molecular formula is C15H20N2O2S. The summed E-state index contributed by atoms with van der Waals surface area (Å²) in [5.74, 6) is -0.215. The molecule has 0 bridgehead atoms. The van der Waals surface area contributed by atoms with Crippen molar-refractivity contribution in [1.82, 2.24) is 10.6 Å². The Hall–Kier alpha value is -1.49. The Bertz CT molecular complexity index is 529. The summed E-state index contributed by atoms with van der Waals surface area (Å²) in [5.41, 5.74) is 2.42. The fourth-order valence-electron chi connectivity index (χ4n) is 2.14. The van der Waals surface area contributed by atoms with Crippen molar-refractivity contribution in [2.45, 2.75) is 43.4 Å². The van der Waals surface area contributed by atoms with E-state index in [9.17, 15) is 9.59 Å². The number of carbonyl (C=O) groups excluding carboxylic acids is 2. The first-order valence-corrected chi connectivity index (χ1v) is 7.67. The number of amides is 2. The van der Waals surface area contributed by atoms with Crippen molar-refractivity contribution in [2.24, 2.45) is 0 Å². The lowest BCUT2D eigenvalue weighted by atomic mass is 10.1. The molecule has 0 saturated heterocycles. The van der Waals surface area contributed by atoms with Gasteiger partial charge in [0.15, 0.2) is 0 Å². The van der Waals surface area contributed by atoms with E-state index in [0.29, 0.717) is 0 Å². The van der Waals surface area contributed by atoms with Crippen molar-refractivity contribution in [2.75, 3.05) is 6.54 Å². The molecule has 0 fully saturated rings. The second-order valence-electron chi connectivity index (χ2n) is 5.36. The molecule has 1 atom stereocenters. The number of aryl methyl sites for hydroxylation is 1. The van der Waals surface area contributed by atoms with Gasteiger partial charge in [-0.25, -0.2) is 0 Å². The van der Waals surface area contributed by atoms with Crippen LogP contribution < -0.4 is 10.6 Å². The number of thioether (sulfide) groups is 1. The lowest BCUT2D eigenvalue weighted by Crippen LogP contribution is -2.42. The Labute approximate surface area is 123 Å². The van der Waals surface area contributed by atoms with E-state index in [2.05, 4.69) is 28.8 Å². The lowest BCUT2D eigenvalue weighted by molar-refractivity contribution is -0.126. The number of carbonyl (C=O) groups is 2. The predicted molar refractivity (Wildman–Crippen MR) is 80.8 cm³/mol. The number of hydrogen-bond acceptors (Lipinski definition) is 3. The lowest BCUT2D eigenvalue weighted by Gasteiger charge is -2.11. The van der Waals surface area contributed by atoms with Gasteiger partial charge in [-0.3, -0.25) is 9.59 Å². The standard InChI is InChI=1S/C15H20N2O2S/c1-9(2)17-14(18)8-16-15(19)13-7-11-5-4-10(3)6-12(11)20-13/h4-6,9,13H,7-8H2,1-3H3,(H,16,19)(H,17,18)/t13-/m0/s1. The second kappa shape index (κ2) is 6.31. The summed E-state index contributed by atoms with van der Waals surface area (Å²) in [4.78, 5) is 24.8. The van der Waals surface area contributed by atoms with Gasteiger partial charge in [0, 0.05) is 10.9 Å². The molecule has 1 aromatic carbocycles. The summed E-state index contributed by atoms with van der Waals surface area (Å²) in [6, 6.07) is 6.35. The van der Waals surface area contributed by atoms with Crippen LogP contribution in [0.1, 0.15) is 25.0 Å². The minimum Gasteiger partial charge on any atom is -0.352 e. The maximum Gasteiger partial charge on any atom is 0.239 e. The zero-order valence-electron chi connectivity index (χ0n) is 12.0. The summed E-state index contributed by atoms with van der Waals surface area (Å²) < 4.78 is 0. The molecule has 1 heterocycles. The molecule has 0 aliphatic carbocycles. The van der Waals surface area contributed by atoms with Crippen LogP contribution in [0.2, 0.25) is 0 Å². The van der Waals surface area contributed by atoms with E-state index in [1.807, 2.05) is 20.8 Å². The van der Waals surface area contributed by atoms with Gasteiger partial charge < -0.3 is 10.6 Å². The van der Waals surface area contributed by atoms with Crippen LogP contribution in [0.5, 0.6) is 0 Å². The molecule has 0 aromatic heterocycles. The smallest absolute Gasteiger partial charge is 0.239 e. The van der Waals surface area contributed by atoms with E-state index < -0.39 is 0 Å². The van der Waals surface area contributed by atoms with Crippen molar-refractivity contribution < 1.29 is 9.59 Å². The molecular weight excluding hydrogens is 272 g/mol. The Balaban J connectivity index is 1.85. The van der Waals surface area contributed by atoms with Crippen molar-refractivity contribution >= 4 is 23.6 Å². The molecule has 2 rings (SSSR count). The highest BCUT2D eigenvalue weighted by atomic mass is 32.2. The molecule has 1 aromatic rings. The van der Waals surface area contributed by atoms with E-state index in [1.54, 1.807) is 11.8 Å². The highest BCUT2D eigenvalue weighted by Gasteiger charge is 2.28. The van der Waals surface area contributed by atoms with Gasteiger partial charge in [0.1, 0.15) is 0 Å². The first-order valence-electron chi connectivity index (χ1n) is 6.79. The van der Waals surface area contributed by atoms with E-state index in [1.165, 1.54) is 16.0 Å². The quantitative estimate of drug-likeness (QED) is 0.887. The minimum absolute atomic E-state index is 0.0451. The van der Waals surface area contributed by atoms with Crippen LogP contribution in [-0.2, 0) is 16.0 Å². The summed E-state index contributed by atoms with van der Waals surface area (Å²) >= 11 is 1.58. The summed E-state index contributed by atoms with van der Waals surface area (Å²) in [6.45, 7) is 5.88. The molecule has 0 spiro atoms. The molecule has 1 aliphatic heterocycles. The van der Waals surface area contributed by atoms with Crippen molar-refractivity contribution in [3.05, 3.63) is 29.3 Å². The maximum absolute atomic E-state index is 12.1. The van der Waals surface area contributed by atoms with E-state index in [4.69, 9.17) is 0 Å². The SMILES string of the molecule is Cc1ccc2c(c1)S[C@H](C(=O)NCC(=O)NC(C)C)C2.